The quantitative estimate of drug-likeness (QED) is 0.344. The molecule has 8 nitrogen and oxygen atoms in total. The Hall–Kier alpha value is -2.98. The summed E-state index contributed by atoms with van der Waals surface area (Å²) in [7, 11) is 1.41. The van der Waals surface area contributed by atoms with Crippen molar-refractivity contribution in [3.63, 3.8) is 0 Å². The van der Waals surface area contributed by atoms with E-state index in [0.717, 1.165) is 41.4 Å². The number of benzene rings is 2. The first kappa shape index (κ1) is 26.6. The molecule has 1 aliphatic heterocycles. The fourth-order valence-electron chi connectivity index (χ4n) is 5.29. The van der Waals surface area contributed by atoms with E-state index in [4.69, 9.17) is 13.9 Å². The van der Waals surface area contributed by atoms with Crippen molar-refractivity contribution >= 4 is 50.6 Å². The summed E-state index contributed by atoms with van der Waals surface area (Å²) >= 11 is 3.49. The normalized spacial score (nSPS) is 23.5. The van der Waals surface area contributed by atoms with Crippen molar-refractivity contribution in [3.8, 4) is 0 Å². The molecule has 2 heterocycles. The molecule has 1 saturated carbocycles. The van der Waals surface area contributed by atoms with Crippen molar-refractivity contribution < 1.29 is 27.9 Å². The molecule has 1 saturated heterocycles. The molecule has 0 radical (unpaired) electrons. The fraction of sp³-hybridized carbons (Fsp3) is 0.464. The molecule has 1 N–H and O–H groups in total. The Bertz CT molecular complexity index is 1290. The van der Waals surface area contributed by atoms with Gasteiger partial charge in [-0.25, -0.2) is 4.39 Å². The summed E-state index contributed by atoms with van der Waals surface area (Å²) in [4.78, 5) is 31.0. The number of ether oxygens (including phenoxy) is 2. The van der Waals surface area contributed by atoms with Crippen LogP contribution in [0, 0.1) is 5.92 Å². The number of alkyl halides is 1. The van der Waals surface area contributed by atoms with Gasteiger partial charge in [0.15, 0.2) is 5.58 Å². The lowest BCUT2D eigenvalue weighted by molar-refractivity contribution is -0.148. The van der Waals surface area contributed by atoms with Gasteiger partial charge in [0.2, 0.25) is 5.91 Å². The molecule has 2 aliphatic rings. The third-order valence-corrected chi connectivity index (χ3v) is 8.03. The van der Waals surface area contributed by atoms with Gasteiger partial charge in [0.05, 0.1) is 50.4 Å². The van der Waals surface area contributed by atoms with Gasteiger partial charge in [-0.05, 0) is 71.4 Å². The zero-order valence-electron chi connectivity index (χ0n) is 21.2. The number of aromatic nitrogens is 1. The summed E-state index contributed by atoms with van der Waals surface area (Å²) in [5.74, 6) is -0.386. The number of para-hydroxylation sites is 1. The van der Waals surface area contributed by atoms with E-state index in [1.54, 1.807) is 11.0 Å². The minimum Gasteiger partial charge on any atom is -0.469 e. The largest absolute Gasteiger partial charge is 0.469 e. The molecule has 2 aromatic carbocycles. The highest BCUT2D eigenvalue weighted by molar-refractivity contribution is 9.10. The zero-order valence-corrected chi connectivity index (χ0v) is 22.8. The van der Waals surface area contributed by atoms with E-state index < -0.39 is 6.17 Å². The molecular weight excluding hydrogens is 557 g/mol. The SMILES string of the molecule is COC(=O)C1CCC(OC[C@@H]2C[C@H](F)CN2C(=O)Cc2ccc3nc(Nc4ccccc4Br)oc3c2)CC1. The number of fused-ring (bicyclic) bond motifs is 1. The minimum atomic E-state index is -1.06. The summed E-state index contributed by atoms with van der Waals surface area (Å²) in [5.41, 5.74) is 2.84. The van der Waals surface area contributed by atoms with Crippen LogP contribution in [0.1, 0.15) is 37.7 Å². The average Bonchev–Trinajstić information content (AvgIpc) is 3.50. The van der Waals surface area contributed by atoms with Crippen molar-refractivity contribution in [1.82, 2.24) is 9.88 Å². The molecule has 1 amide bonds. The van der Waals surface area contributed by atoms with Crippen molar-refractivity contribution in [2.24, 2.45) is 5.92 Å². The smallest absolute Gasteiger partial charge is 0.308 e. The molecular formula is C28H31BrFN3O5. The van der Waals surface area contributed by atoms with Gasteiger partial charge in [0, 0.05) is 10.9 Å². The molecule has 3 aromatic rings. The summed E-state index contributed by atoms with van der Waals surface area (Å²) in [5, 5.41) is 3.15. The second-order valence-electron chi connectivity index (χ2n) is 9.97. The Morgan fingerprint density at radius 3 is 2.74 bits per heavy atom. The first-order valence-corrected chi connectivity index (χ1v) is 13.7. The summed E-state index contributed by atoms with van der Waals surface area (Å²) in [6.07, 6.45) is 2.32. The van der Waals surface area contributed by atoms with Crippen molar-refractivity contribution in [1.29, 1.82) is 0 Å². The van der Waals surface area contributed by atoms with E-state index in [-0.39, 0.29) is 49.3 Å². The number of nitrogens with zero attached hydrogens (tertiary/aromatic N) is 2. The first-order chi connectivity index (χ1) is 18.4. The Balaban J connectivity index is 1.18. The summed E-state index contributed by atoms with van der Waals surface area (Å²) in [6.45, 7) is 0.372. The second-order valence-corrected chi connectivity index (χ2v) is 10.8. The van der Waals surface area contributed by atoms with Gasteiger partial charge in [-0.2, -0.15) is 4.98 Å². The van der Waals surface area contributed by atoms with E-state index >= 15 is 0 Å². The molecule has 2 fully saturated rings. The molecule has 202 valence electrons. The Morgan fingerprint density at radius 1 is 1.18 bits per heavy atom. The number of carbonyl (C=O) groups excluding carboxylic acids is 2. The Morgan fingerprint density at radius 2 is 1.97 bits per heavy atom. The molecule has 38 heavy (non-hydrogen) atoms. The lowest BCUT2D eigenvalue weighted by Gasteiger charge is -2.30. The maximum Gasteiger partial charge on any atom is 0.308 e. The molecule has 0 unspecified atom stereocenters. The number of carbonyl (C=O) groups is 2. The van der Waals surface area contributed by atoms with E-state index in [2.05, 4.69) is 26.2 Å². The number of esters is 1. The lowest BCUT2D eigenvalue weighted by atomic mass is 9.87. The van der Waals surface area contributed by atoms with E-state index in [9.17, 15) is 14.0 Å². The van der Waals surface area contributed by atoms with Crippen LogP contribution in [-0.2, 0) is 25.5 Å². The Kier molecular flexibility index (Phi) is 8.28. The van der Waals surface area contributed by atoms with Crippen LogP contribution in [0.4, 0.5) is 16.1 Å². The van der Waals surface area contributed by atoms with Gasteiger partial charge < -0.3 is 24.1 Å². The maximum absolute atomic E-state index is 14.4. The number of rotatable bonds is 8. The first-order valence-electron chi connectivity index (χ1n) is 12.9. The lowest BCUT2D eigenvalue weighted by Crippen LogP contribution is -2.40. The van der Waals surface area contributed by atoms with Crippen LogP contribution in [0.3, 0.4) is 0 Å². The predicted octanol–water partition coefficient (Wildman–Crippen LogP) is 5.56. The van der Waals surface area contributed by atoms with Crippen LogP contribution in [0.2, 0.25) is 0 Å². The zero-order chi connectivity index (χ0) is 26.6. The van der Waals surface area contributed by atoms with E-state index in [1.165, 1.54) is 7.11 Å². The molecule has 1 aromatic heterocycles. The number of hydrogen-bond donors (Lipinski definition) is 1. The van der Waals surface area contributed by atoms with Crippen LogP contribution in [-0.4, -0.2) is 60.3 Å². The highest BCUT2D eigenvalue weighted by atomic mass is 79.9. The molecule has 10 heteroatoms. The van der Waals surface area contributed by atoms with Crippen LogP contribution < -0.4 is 5.32 Å². The number of methoxy groups -OCH3 is 1. The number of anilines is 2. The van der Waals surface area contributed by atoms with E-state index in [1.807, 2.05) is 36.4 Å². The standard InChI is InChI=1S/C28H31BrFN3O5/c1-36-27(35)18-7-9-21(10-8-18)37-16-20-14-19(30)15-33(20)26(34)13-17-6-11-24-25(12-17)38-28(32-24)31-23-5-3-2-4-22(23)29/h2-6,11-12,18-21H,7-10,13-16H2,1H3,(H,31,32)/t18?,19-,20-,21?/m0/s1. The average molecular weight is 588 g/mol. The van der Waals surface area contributed by atoms with Gasteiger partial charge in [-0.15, -0.1) is 0 Å². The van der Waals surface area contributed by atoms with Crippen LogP contribution >= 0.6 is 15.9 Å². The number of nitrogens with one attached hydrogen (secondary N) is 1. The predicted molar refractivity (Wildman–Crippen MR) is 144 cm³/mol. The monoisotopic (exact) mass is 587 g/mol. The van der Waals surface area contributed by atoms with Gasteiger partial charge in [-0.1, -0.05) is 18.2 Å². The molecule has 2 atom stereocenters. The minimum absolute atomic E-state index is 0.0136. The maximum atomic E-state index is 14.4. The second kappa shape index (κ2) is 11.8. The van der Waals surface area contributed by atoms with E-state index in [0.29, 0.717) is 23.7 Å². The van der Waals surface area contributed by atoms with Crippen molar-refractivity contribution in [3.05, 3.63) is 52.5 Å². The topological polar surface area (TPSA) is 93.9 Å². The third kappa shape index (κ3) is 6.18. The van der Waals surface area contributed by atoms with Crippen LogP contribution in [0.25, 0.3) is 11.1 Å². The van der Waals surface area contributed by atoms with Gasteiger partial charge in [0.25, 0.3) is 6.01 Å². The van der Waals surface area contributed by atoms with Crippen LogP contribution in [0.5, 0.6) is 0 Å². The number of likely N-dealkylation sites (tertiary alicyclic amines) is 1. The molecule has 0 spiro atoms. The molecule has 1 aliphatic carbocycles. The third-order valence-electron chi connectivity index (χ3n) is 7.34. The fourth-order valence-corrected chi connectivity index (χ4v) is 5.67. The number of hydrogen-bond acceptors (Lipinski definition) is 7. The molecule has 0 bridgehead atoms. The van der Waals surface area contributed by atoms with Gasteiger partial charge in [0.1, 0.15) is 11.7 Å². The van der Waals surface area contributed by atoms with Crippen LogP contribution in [0.15, 0.2) is 51.4 Å². The number of oxazole rings is 1. The highest BCUT2D eigenvalue weighted by Gasteiger charge is 2.36. The van der Waals surface area contributed by atoms with Gasteiger partial charge in [-0.3, -0.25) is 9.59 Å². The number of amides is 1. The van der Waals surface area contributed by atoms with Crippen molar-refractivity contribution in [2.45, 2.75) is 56.8 Å². The van der Waals surface area contributed by atoms with Crippen molar-refractivity contribution in [2.75, 3.05) is 25.6 Å². The summed E-state index contributed by atoms with van der Waals surface area (Å²) in [6, 6.07) is 13.2. The number of halogens is 2. The van der Waals surface area contributed by atoms with Gasteiger partial charge >= 0.3 is 5.97 Å². The Labute approximate surface area is 229 Å². The molecule has 5 rings (SSSR count). The summed E-state index contributed by atoms with van der Waals surface area (Å²) < 4.78 is 32.0. The highest BCUT2D eigenvalue weighted by Crippen LogP contribution is 2.30.